The van der Waals surface area contributed by atoms with Crippen LogP contribution in [0.5, 0.6) is 5.75 Å². The van der Waals surface area contributed by atoms with Crippen LogP contribution in [0.1, 0.15) is 10.4 Å². The van der Waals surface area contributed by atoms with Crippen molar-refractivity contribution in [3.8, 4) is 5.75 Å². The minimum atomic E-state index is -0.173. The molecule has 0 bridgehead atoms. The van der Waals surface area contributed by atoms with Crippen molar-refractivity contribution in [3.63, 3.8) is 0 Å². The monoisotopic (exact) mass is 383 g/mol. The lowest BCUT2D eigenvalue weighted by Crippen LogP contribution is -2.12. The van der Waals surface area contributed by atoms with Gasteiger partial charge in [0.1, 0.15) is 5.75 Å². The lowest BCUT2D eigenvalue weighted by atomic mass is 10.2. The quantitative estimate of drug-likeness (QED) is 0.847. The Labute approximate surface area is 128 Å². The summed E-state index contributed by atoms with van der Waals surface area (Å²) in [6.07, 6.45) is 0. The lowest BCUT2D eigenvalue weighted by molar-refractivity contribution is 0.102. The zero-order valence-corrected chi connectivity index (χ0v) is 13.3. The summed E-state index contributed by atoms with van der Waals surface area (Å²) >= 11 is 6.73. The highest BCUT2D eigenvalue weighted by Crippen LogP contribution is 2.23. The summed E-state index contributed by atoms with van der Waals surface area (Å²) in [7, 11) is 1.59. The van der Waals surface area contributed by atoms with E-state index in [1.807, 2.05) is 30.3 Å². The molecule has 0 aliphatic rings. The second-order valence-corrected chi connectivity index (χ2v) is 5.58. The van der Waals surface area contributed by atoms with E-state index < -0.39 is 0 Å². The number of hydrogen-bond donors (Lipinski definition) is 1. The second kappa shape index (κ2) is 6.21. The average molecular weight is 385 g/mol. The molecule has 0 fully saturated rings. The zero-order valence-electron chi connectivity index (χ0n) is 10.1. The van der Waals surface area contributed by atoms with Crippen LogP contribution in [-0.4, -0.2) is 13.0 Å². The van der Waals surface area contributed by atoms with Crippen LogP contribution < -0.4 is 10.1 Å². The van der Waals surface area contributed by atoms with Gasteiger partial charge in [-0.15, -0.1) is 0 Å². The molecule has 0 saturated heterocycles. The maximum absolute atomic E-state index is 12.1. The normalized spacial score (nSPS) is 10.1. The predicted octanol–water partition coefficient (Wildman–Crippen LogP) is 4.47. The molecule has 0 spiro atoms. The average Bonchev–Trinajstić information content (AvgIpc) is 2.38. The number of benzene rings is 2. The van der Waals surface area contributed by atoms with Gasteiger partial charge < -0.3 is 10.1 Å². The number of methoxy groups -OCH3 is 1. The fourth-order valence-electron chi connectivity index (χ4n) is 1.57. The molecule has 0 aliphatic heterocycles. The van der Waals surface area contributed by atoms with Crippen molar-refractivity contribution >= 4 is 43.5 Å². The first-order chi connectivity index (χ1) is 9.10. The van der Waals surface area contributed by atoms with E-state index in [1.54, 1.807) is 19.2 Å². The molecule has 2 aromatic rings. The molecule has 0 atom stereocenters. The lowest BCUT2D eigenvalue weighted by Gasteiger charge is -2.08. The van der Waals surface area contributed by atoms with Gasteiger partial charge in [-0.2, -0.15) is 0 Å². The molecule has 0 aromatic heterocycles. The molecule has 0 unspecified atom stereocenters. The number of amides is 1. The maximum atomic E-state index is 12.1. The van der Waals surface area contributed by atoms with Crippen molar-refractivity contribution in [1.82, 2.24) is 0 Å². The molecule has 1 amide bonds. The van der Waals surface area contributed by atoms with Crippen molar-refractivity contribution in [1.29, 1.82) is 0 Å². The van der Waals surface area contributed by atoms with Crippen LogP contribution in [0.15, 0.2) is 51.4 Å². The highest BCUT2D eigenvalue weighted by atomic mass is 79.9. The summed E-state index contributed by atoms with van der Waals surface area (Å²) in [4.78, 5) is 12.1. The van der Waals surface area contributed by atoms with Crippen LogP contribution in [0.3, 0.4) is 0 Å². The van der Waals surface area contributed by atoms with Crippen LogP contribution in [0.2, 0.25) is 0 Å². The number of ether oxygens (including phenoxy) is 1. The third-order valence-electron chi connectivity index (χ3n) is 2.50. The van der Waals surface area contributed by atoms with E-state index in [-0.39, 0.29) is 5.91 Å². The third-order valence-corrected chi connectivity index (χ3v) is 3.65. The Morgan fingerprint density at radius 3 is 2.63 bits per heavy atom. The van der Waals surface area contributed by atoms with Gasteiger partial charge in [0.25, 0.3) is 5.91 Å². The van der Waals surface area contributed by atoms with Gasteiger partial charge in [0.2, 0.25) is 0 Å². The summed E-state index contributed by atoms with van der Waals surface area (Å²) < 4.78 is 6.77. The first-order valence-electron chi connectivity index (χ1n) is 5.50. The van der Waals surface area contributed by atoms with Gasteiger partial charge in [-0.3, -0.25) is 4.79 Å². The highest BCUT2D eigenvalue weighted by Gasteiger charge is 2.10. The molecular weight excluding hydrogens is 374 g/mol. The Hall–Kier alpha value is -1.33. The smallest absolute Gasteiger partial charge is 0.256 e. The third kappa shape index (κ3) is 3.58. The standard InChI is InChI=1S/C14H11Br2NO2/c1-19-11-4-2-3-10(8-11)17-14(18)12-6-5-9(15)7-13(12)16/h2-8H,1H3,(H,17,18). The fraction of sp³-hybridized carbons (Fsp3) is 0.0714. The number of carbonyl (C=O) groups excluding carboxylic acids is 1. The van der Waals surface area contributed by atoms with E-state index in [0.29, 0.717) is 17.0 Å². The number of hydrogen-bond acceptors (Lipinski definition) is 2. The molecule has 0 saturated carbocycles. The van der Waals surface area contributed by atoms with Gasteiger partial charge in [0.05, 0.1) is 12.7 Å². The topological polar surface area (TPSA) is 38.3 Å². The molecule has 2 rings (SSSR count). The first kappa shape index (κ1) is 14.1. The number of rotatable bonds is 3. The van der Waals surface area contributed by atoms with Gasteiger partial charge in [0, 0.05) is 20.7 Å². The Kier molecular flexibility index (Phi) is 4.61. The molecule has 0 heterocycles. The van der Waals surface area contributed by atoms with E-state index in [4.69, 9.17) is 4.74 Å². The van der Waals surface area contributed by atoms with Gasteiger partial charge in [-0.05, 0) is 46.3 Å². The van der Waals surface area contributed by atoms with E-state index >= 15 is 0 Å². The molecule has 19 heavy (non-hydrogen) atoms. The molecule has 0 aliphatic carbocycles. The number of anilines is 1. The van der Waals surface area contributed by atoms with Gasteiger partial charge in [-0.1, -0.05) is 22.0 Å². The SMILES string of the molecule is COc1cccc(NC(=O)c2ccc(Br)cc2Br)c1. The van der Waals surface area contributed by atoms with E-state index in [2.05, 4.69) is 37.2 Å². The van der Waals surface area contributed by atoms with Crippen LogP contribution in [0.4, 0.5) is 5.69 Å². The van der Waals surface area contributed by atoms with E-state index in [1.165, 1.54) is 0 Å². The summed E-state index contributed by atoms with van der Waals surface area (Å²) in [6, 6.07) is 12.6. The zero-order chi connectivity index (χ0) is 13.8. The fourth-order valence-corrected chi connectivity index (χ4v) is 2.80. The van der Waals surface area contributed by atoms with E-state index in [9.17, 15) is 4.79 Å². The van der Waals surface area contributed by atoms with Crippen molar-refractivity contribution in [2.24, 2.45) is 0 Å². The van der Waals surface area contributed by atoms with Crippen molar-refractivity contribution < 1.29 is 9.53 Å². The molecule has 98 valence electrons. The van der Waals surface area contributed by atoms with Gasteiger partial charge >= 0.3 is 0 Å². The minimum absolute atomic E-state index is 0.173. The van der Waals surface area contributed by atoms with Crippen molar-refractivity contribution in [2.45, 2.75) is 0 Å². The Balaban J connectivity index is 2.20. The Morgan fingerprint density at radius 2 is 1.95 bits per heavy atom. The number of carbonyl (C=O) groups is 1. The first-order valence-corrected chi connectivity index (χ1v) is 7.09. The molecule has 0 radical (unpaired) electrons. The number of nitrogens with one attached hydrogen (secondary N) is 1. The summed E-state index contributed by atoms with van der Waals surface area (Å²) in [6.45, 7) is 0. The second-order valence-electron chi connectivity index (χ2n) is 3.81. The van der Waals surface area contributed by atoms with E-state index in [0.717, 1.165) is 8.95 Å². The largest absolute Gasteiger partial charge is 0.497 e. The summed E-state index contributed by atoms with van der Waals surface area (Å²) in [5.74, 6) is 0.528. The molecular formula is C14H11Br2NO2. The summed E-state index contributed by atoms with van der Waals surface area (Å²) in [5.41, 5.74) is 1.27. The van der Waals surface area contributed by atoms with Crippen molar-refractivity contribution in [2.75, 3.05) is 12.4 Å². The molecule has 1 N–H and O–H groups in total. The predicted molar refractivity (Wildman–Crippen MR) is 82.8 cm³/mol. The van der Waals surface area contributed by atoms with Crippen LogP contribution in [0.25, 0.3) is 0 Å². The number of halogens is 2. The van der Waals surface area contributed by atoms with Crippen LogP contribution >= 0.6 is 31.9 Å². The Morgan fingerprint density at radius 1 is 1.16 bits per heavy atom. The molecule has 5 heteroatoms. The van der Waals surface area contributed by atoms with Gasteiger partial charge in [-0.25, -0.2) is 0 Å². The van der Waals surface area contributed by atoms with Gasteiger partial charge in [0.15, 0.2) is 0 Å². The maximum Gasteiger partial charge on any atom is 0.256 e. The van der Waals surface area contributed by atoms with Crippen molar-refractivity contribution in [3.05, 3.63) is 57.0 Å². The van der Waals surface area contributed by atoms with Crippen LogP contribution in [0, 0.1) is 0 Å². The summed E-state index contributed by atoms with van der Waals surface area (Å²) in [5, 5.41) is 2.83. The molecule has 2 aromatic carbocycles. The Bertz CT molecular complexity index is 614. The molecule has 3 nitrogen and oxygen atoms in total. The minimum Gasteiger partial charge on any atom is -0.497 e. The van der Waals surface area contributed by atoms with Crippen LogP contribution in [-0.2, 0) is 0 Å². The highest BCUT2D eigenvalue weighted by molar-refractivity contribution is 9.11.